The van der Waals surface area contributed by atoms with Gasteiger partial charge < -0.3 is 4.90 Å². The molecule has 0 spiro atoms. The van der Waals surface area contributed by atoms with Gasteiger partial charge >= 0.3 is 0 Å². The fourth-order valence-corrected chi connectivity index (χ4v) is 10.3. The summed E-state index contributed by atoms with van der Waals surface area (Å²) >= 11 is 0. The molecule has 0 saturated carbocycles. The van der Waals surface area contributed by atoms with Crippen LogP contribution in [0, 0.1) is 0 Å². The molecule has 1 heteroatoms. The van der Waals surface area contributed by atoms with Gasteiger partial charge in [0.2, 0.25) is 0 Å². The maximum absolute atomic E-state index is 2.41. The standard InChI is InChI=1S/C61H43N/c1-61(2)59-24-10-9-22-56(59)57-35-29-44(38-60(57)61)41-27-32-47(33-28-41)62(48-34-36-55-53-20-6-5-18-51(53)52-19-7-8-21-54(52)58(55)39-48)46-30-25-40(26-31-46)43-15-11-16-45(37-43)50-23-12-14-42-13-3-4-17-49(42)50/h3-39H,1-2H3. The average Bonchev–Trinajstić information content (AvgIpc) is 3.57. The van der Waals surface area contributed by atoms with Gasteiger partial charge in [0.05, 0.1) is 0 Å². The molecule has 0 N–H and O–H groups in total. The molecule has 62 heavy (non-hydrogen) atoms. The van der Waals surface area contributed by atoms with Gasteiger partial charge in [0, 0.05) is 22.5 Å². The van der Waals surface area contributed by atoms with Crippen molar-refractivity contribution in [3.63, 3.8) is 0 Å². The zero-order valence-corrected chi connectivity index (χ0v) is 34.8. The van der Waals surface area contributed by atoms with E-state index in [1.54, 1.807) is 0 Å². The lowest BCUT2D eigenvalue weighted by atomic mass is 9.81. The average molecular weight is 790 g/mol. The van der Waals surface area contributed by atoms with E-state index < -0.39 is 0 Å². The Hall–Kier alpha value is -7.74. The number of nitrogens with zero attached hydrogens (tertiary/aromatic N) is 1. The van der Waals surface area contributed by atoms with Gasteiger partial charge in [0.25, 0.3) is 0 Å². The molecule has 0 heterocycles. The molecule has 0 radical (unpaired) electrons. The summed E-state index contributed by atoms with van der Waals surface area (Å²) in [7, 11) is 0. The Labute approximate surface area is 362 Å². The van der Waals surface area contributed by atoms with Crippen LogP contribution in [0.2, 0.25) is 0 Å². The highest BCUT2D eigenvalue weighted by molar-refractivity contribution is 6.25. The smallest absolute Gasteiger partial charge is 0.0468 e. The van der Waals surface area contributed by atoms with Crippen molar-refractivity contribution >= 4 is 60.2 Å². The van der Waals surface area contributed by atoms with Gasteiger partial charge in [-0.25, -0.2) is 0 Å². The quantitative estimate of drug-likeness (QED) is 0.152. The van der Waals surface area contributed by atoms with E-state index in [4.69, 9.17) is 0 Å². The summed E-state index contributed by atoms with van der Waals surface area (Å²) in [6.45, 7) is 4.70. The van der Waals surface area contributed by atoms with Crippen LogP contribution in [0.15, 0.2) is 224 Å². The van der Waals surface area contributed by atoms with Gasteiger partial charge in [-0.05, 0) is 147 Å². The predicted octanol–water partition coefficient (Wildman–Crippen LogP) is 17.1. The molecule has 1 aliphatic carbocycles. The molecule has 11 aromatic rings. The van der Waals surface area contributed by atoms with E-state index in [1.165, 1.54) is 98.7 Å². The lowest BCUT2D eigenvalue weighted by Crippen LogP contribution is -2.14. The first-order valence-electron chi connectivity index (χ1n) is 21.7. The normalized spacial score (nSPS) is 12.8. The minimum absolute atomic E-state index is 0.0480. The van der Waals surface area contributed by atoms with Gasteiger partial charge in [0.15, 0.2) is 0 Å². The molecule has 1 aliphatic rings. The fraction of sp³-hybridized carbons (Fsp3) is 0.0492. The van der Waals surface area contributed by atoms with E-state index >= 15 is 0 Å². The summed E-state index contributed by atoms with van der Waals surface area (Å²) in [6.07, 6.45) is 0. The number of fused-ring (bicyclic) bond motifs is 10. The number of hydrogen-bond donors (Lipinski definition) is 0. The minimum Gasteiger partial charge on any atom is -0.310 e. The maximum atomic E-state index is 2.41. The number of benzene rings is 11. The summed E-state index contributed by atoms with van der Waals surface area (Å²) in [5.74, 6) is 0. The minimum atomic E-state index is -0.0480. The molecule has 0 amide bonds. The van der Waals surface area contributed by atoms with Crippen molar-refractivity contribution < 1.29 is 0 Å². The highest BCUT2D eigenvalue weighted by Gasteiger charge is 2.35. The molecular formula is C61H43N. The molecule has 0 atom stereocenters. The topological polar surface area (TPSA) is 3.24 Å². The Bertz CT molecular complexity index is 3500. The Morgan fingerprint density at radius 3 is 1.44 bits per heavy atom. The molecule has 11 aromatic carbocycles. The molecule has 0 aromatic heterocycles. The van der Waals surface area contributed by atoms with Gasteiger partial charge in [0.1, 0.15) is 0 Å². The molecule has 0 aliphatic heterocycles. The van der Waals surface area contributed by atoms with Gasteiger partial charge in [-0.3, -0.25) is 0 Å². The van der Waals surface area contributed by atoms with Crippen molar-refractivity contribution in [3.05, 3.63) is 236 Å². The third-order valence-electron chi connectivity index (χ3n) is 13.5. The van der Waals surface area contributed by atoms with Crippen LogP contribution in [0.4, 0.5) is 17.1 Å². The third-order valence-corrected chi connectivity index (χ3v) is 13.5. The van der Waals surface area contributed by atoms with Gasteiger partial charge in [-0.15, -0.1) is 0 Å². The number of anilines is 3. The van der Waals surface area contributed by atoms with Crippen LogP contribution < -0.4 is 4.90 Å². The van der Waals surface area contributed by atoms with Crippen LogP contribution in [0.3, 0.4) is 0 Å². The summed E-state index contributed by atoms with van der Waals surface area (Å²) < 4.78 is 0. The second-order valence-corrected chi connectivity index (χ2v) is 17.3. The summed E-state index contributed by atoms with van der Waals surface area (Å²) in [4.78, 5) is 2.41. The number of rotatable bonds is 6. The van der Waals surface area contributed by atoms with Crippen LogP contribution in [0.1, 0.15) is 25.0 Å². The molecule has 0 bridgehead atoms. The molecule has 0 saturated heterocycles. The Morgan fingerprint density at radius 1 is 0.274 bits per heavy atom. The van der Waals surface area contributed by atoms with Crippen LogP contribution in [-0.4, -0.2) is 0 Å². The van der Waals surface area contributed by atoms with Crippen LogP contribution in [-0.2, 0) is 5.41 Å². The van der Waals surface area contributed by atoms with Crippen molar-refractivity contribution in [2.45, 2.75) is 19.3 Å². The zero-order chi connectivity index (χ0) is 41.4. The highest BCUT2D eigenvalue weighted by atomic mass is 15.1. The monoisotopic (exact) mass is 789 g/mol. The number of hydrogen-bond acceptors (Lipinski definition) is 1. The van der Waals surface area contributed by atoms with Crippen molar-refractivity contribution in [3.8, 4) is 44.5 Å². The lowest BCUT2D eigenvalue weighted by Gasteiger charge is -2.27. The Kier molecular flexibility index (Phi) is 8.27. The molecule has 1 nitrogen and oxygen atoms in total. The van der Waals surface area contributed by atoms with Gasteiger partial charge in [-0.2, -0.15) is 0 Å². The molecule has 292 valence electrons. The second-order valence-electron chi connectivity index (χ2n) is 17.3. The predicted molar refractivity (Wildman–Crippen MR) is 265 cm³/mol. The fourth-order valence-electron chi connectivity index (χ4n) is 10.3. The van der Waals surface area contributed by atoms with E-state index in [0.29, 0.717) is 0 Å². The summed E-state index contributed by atoms with van der Waals surface area (Å²) in [5.41, 5.74) is 16.1. The maximum Gasteiger partial charge on any atom is 0.0468 e. The molecule has 0 fully saturated rings. The van der Waals surface area contributed by atoms with E-state index in [2.05, 4.69) is 243 Å². The zero-order valence-electron chi connectivity index (χ0n) is 34.8. The summed E-state index contributed by atoms with van der Waals surface area (Å²) in [6, 6.07) is 82.9. The van der Waals surface area contributed by atoms with Crippen molar-refractivity contribution in [2.75, 3.05) is 4.90 Å². The van der Waals surface area contributed by atoms with Crippen molar-refractivity contribution in [2.24, 2.45) is 0 Å². The largest absolute Gasteiger partial charge is 0.310 e. The van der Waals surface area contributed by atoms with Gasteiger partial charge in [-0.1, -0.05) is 190 Å². The highest BCUT2D eigenvalue weighted by Crippen LogP contribution is 2.50. The first-order chi connectivity index (χ1) is 30.5. The van der Waals surface area contributed by atoms with Crippen LogP contribution >= 0.6 is 0 Å². The van der Waals surface area contributed by atoms with Crippen LogP contribution in [0.5, 0.6) is 0 Å². The molecule has 12 rings (SSSR count). The molecule has 0 unspecified atom stereocenters. The third kappa shape index (κ3) is 5.77. The van der Waals surface area contributed by atoms with Crippen LogP contribution in [0.25, 0.3) is 87.6 Å². The van der Waals surface area contributed by atoms with Crippen molar-refractivity contribution in [1.82, 2.24) is 0 Å². The first kappa shape index (κ1) is 36.1. The van der Waals surface area contributed by atoms with E-state index in [-0.39, 0.29) is 5.41 Å². The van der Waals surface area contributed by atoms with E-state index in [9.17, 15) is 0 Å². The molecular weight excluding hydrogens is 747 g/mol. The Balaban J connectivity index is 0.965. The van der Waals surface area contributed by atoms with Crippen molar-refractivity contribution in [1.29, 1.82) is 0 Å². The second kappa shape index (κ2) is 14.2. The first-order valence-corrected chi connectivity index (χ1v) is 21.7. The Morgan fingerprint density at radius 2 is 0.742 bits per heavy atom. The lowest BCUT2D eigenvalue weighted by molar-refractivity contribution is 0.660. The summed E-state index contributed by atoms with van der Waals surface area (Å²) in [5, 5.41) is 10.1. The van der Waals surface area contributed by atoms with E-state index in [1.807, 2.05) is 0 Å². The SMILES string of the molecule is CC1(C)c2ccccc2-c2ccc(-c3ccc(N(c4ccc(-c5cccc(-c6cccc7ccccc67)c5)cc4)c4ccc5c6ccccc6c6ccccc6c5c4)cc3)cc21. The van der Waals surface area contributed by atoms with E-state index in [0.717, 1.165) is 17.1 Å².